The monoisotopic (exact) mass is 345 g/mol. The zero-order valence-electron chi connectivity index (χ0n) is 14.0. The number of hydrogen-bond donors (Lipinski definition) is 0. The van der Waals surface area contributed by atoms with Crippen molar-refractivity contribution in [3.63, 3.8) is 0 Å². The van der Waals surface area contributed by atoms with Crippen molar-refractivity contribution >= 4 is 17.2 Å². The predicted molar refractivity (Wildman–Crippen MR) is 93.1 cm³/mol. The average molecular weight is 345 g/mol. The molecule has 0 unspecified atom stereocenters. The number of aromatic nitrogens is 2. The Morgan fingerprint density at radius 1 is 1.50 bits per heavy atom. The third kappa shape index (κ3) is 3.13. The highest BCUT2D eigenvalue weighted by Gasteiger charge is 2.29. The normalized spacial score (nSPS) is 24.0. The molecule has 4 heterocycles. The zero-order chi connectivity index (χ0) is 16.5. The Morgan fingerprint density at radius 2 is 2.42 bits per heavy atom. The van der Waals surface area contributed by atoms with E-state index in [-0.39, 0.29) is 12.0 Å². The van der Waals surface area contributed by atoms with E-state index < -0.39 is 0 Å². The van der Waals surface area contributed by atoms with E-state index in [1.54, 1.807) is 11.3 Å². The fourth-order valence-electron chi connectivity index (χ4n) is 3.71. The van der Waals surface area contributed by atoms with Gasteiger partial charge in [-0.25, -0.2) is 0 Å². The van der Waals surface area contributed by atoms with Crippen molar-refractivity contribution in [1.82, 2.24) is 14.7 Å². The topological polar surface area (TPSA) is 47.4 Å². The molecule has 1 saturated heterocycles. The Balaban J connectivity index is 1.42. The van der Waals surface area contributed by atoms with E-state index in [1.165, 1.54) is 16.0 Å². The Hall–Kier alpha value is -1.66. The summed E-state index contributed by atoms with van der Waals surface area (Å²) in [6.45, 7) is 4.37. The molecule has 1 amide bonds. The van der Waals surface area contributed by atoms with Crippen LogP contribution in [0.2, 0.25) is 0 Å². The van der Waals surface area contributed by atoms with Crippen LogP contribution in [0.25, 0.3) is 0 Å². The second-order valence-electron chi connectivity index (χ2n) is 6.75. The summed E-state index contributed by atoms with van der Waals surface area (Å²) in [6, 6.07) is 2.41. The molecule has 2 aliphatic heterocycles. The minimum atomic E-state index is -0.0696. The molecule has 2 atom stereocenters. The van der Waals surface area contributed by atoms with E-state index in [9.17, 15) is 4.79 Å². The number of fused-ring (bicyclic) bond motifs is 1. The van der Waals surface area contributed by atoms with Gasteiger partial charge in [0, 0.05) is 30.6 Å². The fraction of sp³-hybridized carbons (Fsp3) is 0.556. The van der Waals surface area contributed by atoms with Crippen LogP contribution in [0, 0.1) is 6.92 Å². The first-order valence-corrected chi connectivity index (χ1v) is 9.55. The van der Waals surface area contributed by atoms with Crippen LogP contribution in [0.15, 0.2) is 23.8 Å². The van der Waals surface area contributed by atoms with Crippen molar-refractivity contribution < 1.29 is 9.53 Å². The molecule has 6 heteroatoms. The van der Waals surface area contributed by atoms with Crippen molar-refractivity contribution in [2.24, 2.45) is 0 Å². The van der Waals surface area contributed by atoms with Crippen molar-refractivity contribution in [1.29, 1.82) is 0 Å². The molecular formula is C18H23N3O2S. The molecule has 5 nitrogen and oxygen atoms in total. The number of carbonyl (C=O) groups excluding carboxylic acids is 1. The summed E-state index contributed by atoms with van der Waals surface area (Å²) < 4.78 is 7.90. The Morgan fingerprint density at radius 3 is 3.25 bits per heavy atom. The lowest BCUT2D eigenvalue weighted by molar-refractivity contribution is -0.136. The van der Waals surface area contributed by atoms with Crippen LogP contribution in [-0.2, 0) is 16.0 Å². The smallest absolute Gasteiger partial charge is 0.225 e. The third-order valence-electron chi connectivity index (χ3n) is 4.99. The van der Waals surface area contributed by atoms with E-state index >= 15 is 0 Å². The number of ether oxygens (including phenoxy) is 1. The van der Waals surface area contributed by atoms with Gasteiger partial charge in [0.05, 0.1) is 31.4 Å². The molecule has 2 aliphatic rings. The number of rotatable bonds is 3. The summed E-state index contributed by atoms with van der Waals surface area (Å²) in [5, 5.41) is 6.53. The number of likely N-dealkylation sites (tertiary alicyclic amines) is 1. The molecule has 0 aliphatic carbocycles. The minimum Gasteiger partial charge on any atom is -0.373 e. The highest BCUT2D eigenvalue weighted by Crippen LogP contribution is 2.34. The molecule has 0 radical (unpaired) electrons. The second-order valence-corrected chi connectivity index (χ2v) is 7.75. The fourth-order valence-corrected chi connectivity index (χ4v) is 4.63. The number of piperidine rings is 1. The third-order valence-corrected chi connectivity index (χ3v) is 5.99. The SMILES string of the molecule is Cc1cnn([C@@H]2CCCN(C(=O)C[C@@H]3OCCc4sccc43)C2)c1. The van der Waals surface area contributed by atoms with Crippen LogP contribution in [0.3, 0.4) is 0 Å². The molecule has 0 aromatic carbocycles. The number of amides is 1. The molecule has 0 N–H and O–H groups in total. The maximum absolute atomic E-state index is 12.8. The van der Waals surface area contributed by atoms with E-state index in [0.29, 0.717) is 12.5 Å². The summed E-state index contributed by atoms with van der Waals surface area (Å²) in [6.07, 6.45) is 7.43. The molecule has 4 rings (SSSR count). The summed E-state index contributed by atoms with van der Waals surface area (Å²) in [5.41, 5.74) is 2.38. The number of nitrogens with zero attached hydrogens (tertiary/aromatic N) is 3. The quantitative estimate of drug-likeness (QED) is 0.859. The molecular weight excluding hydrogens is 322 g/mol. The van der Waals surface area contributed by atoms with Crippen molar-refractivity contribution in [3.8, 4) is 0 Å². The molecule has 1 fully saturated rings. The van der Waals surface area contributed by atoms with Crippen LogP contribution in [0.4, 0.5) is 0 Å². The lowest BCUT2D eigenvalue weighted by Crippen LogP contribution is -2.41. The molecule has 24 heavy (non-hydrogen) atoms. The summed E-state index contributed by atoms with van der Waals surface area (Å²) in [4.78, 5) is 16.2. The van der Waals surface area contributed by atoms with Gasteiger partial charge in [-0.15, -0.1) is 11.3 Å². The number of aryl methyl sites for hydroxylation is 1. The molecule has 0 spiro atoms. The van der Waals surface area contributed by atoms with Gasteiger partial charge in [0.15, 0.2) is 0 Å². The first-order chi connectivity index (χ1) is 11.7. The van der Waals surface area contributed by atoms with Crippen molar-refractivity contribution in [3.05, 3.63) is 39.8 Å². The second kappa shape index (κ2) is 6.69. The molecule has 2 aromatic heterocycles. The van der Waals surface area contributed by atoms with Crippen LogP contribution in [0.1, 0.15) is 47.4 Å². The minimum absolute atomic E-state index is 0.0696. The maximum Gasteiger partial charge on any atom is 0.225 e. The van der Waals surface area contributed by atoms with Gasteiger partial charge in [0.1, 0.15) is 0 Å². The number of thiophene rings is 1. The maximum atomic E-state index is 12.8. The molecule has 0 saturated carbocycles. The zero-order valence-corrected chi connectivity index (χ0v) is 14.8. The van der Waals surface area contributed by atoms with Crippen LogP contribution < -0.4 is 0 Å². The van der Waals surface area contributed by atoms with Crippen molar-refractivity contribution in [2.75, 3.05) is 19.7 Å². The first-order valence-electron chi connectivity index (χ1n) is 8.67. The summed E-state index contributed by atoms with van der Waals surface area (Å²) >= 11 is 1.78. The van der Waals surface area contributed by atoms with Crippen LogP contribution >= 0.6 is 11.3 Å². The molecule has 2 aromatic rings. The van der Waals surface area contributed by atoms with Gasteiger partial charge in [-0.1, -0.05) is 0 Å². The summed E-state index contributed by atoms with van der Waals surface area (Å²) in [7, 11) is 0. The van der Waals surface area contributed by atoms with Gasteiger partial charge in [-0.3, -0.25) is 9.48 Å². The van der Waals surface area contributed by atoms with Gasteiger partial charge in [0.2, 0.25) is 5.91 Å². The van der Waals surface area contributed by atoms with Gasteiger partial charge < -0.3 is 9.64 Å². The highest BCUT2D eigenvalue weighted by atomic mass is 32.1. The lowest BCUT2D eigenvalue weighted by atomic mass is 10.0. The van der Waals surface area contributed by atoms with E-state index in [4.69, 9.17) is 4.74 Å². The Kier molecular flexibility index (Phi) is 4.41. The predicted octanol–water partition coefficient (Wildman–Crippen LogP) is 3.12. The van der Waals surface area contributed by atoms with Gasteiger partial charge in [0.25, 0.3) is 0 Å². The first kappa shape index (κ1) is 15.8. The van der Waals surface area contributed by atoms with Crippen molar-refractivity contribution in [2.45, 2.75) is 44.8 Å². The van der Waals surface area contributed by atoms with E-state index in [0.717, 1.165) is 39.0 Å². The van der Waals surface area contributed by atoms with Crippen LogP contribution in [0.5, 0.6) is 0 Å². The van der Waals surface area contributed by atoms with E-state index in [2.05, 4.69) is 22.7 Å². The van der Waals surface area contributed by atoms with Crippen LogP contribution in [-0.4, -0.2) is 40.3 Å². The number of hydrogen-bond acceptors (Lipinski definition) is 4. The van der Waals surface area contributed by atoms with E-state index in [1.807, 2.05) is 22.7 Å². The number of carbonyl (C=O) groups is 1. The summed E-state index contributed by atoms with van der Waals surface area (Å²) in [5.74, 6) is 0.202. The van der Waals surface area contributed by atoms with Gasteiger partial charge in [-0.05, 0) is 42.3 Å². The lowest BCUT2D eigenvalue weighted by Gasteiger charge is -2.34. The Bertz CT molecular complexity index is 723. The Labute approximate surface area is 146 Å². The standard InChI is InChI=1S/C18H23N3O2S/c1-13-10-19-21(11-13)14-3-2-6-20(12-14)18(22)9-16-15-5-8-24-17(15)4-7-23-16/h5,8,10-11,14,16H,2-4,6-7,9,12H2,1H3/t14-,16+/m1/s1. The largest absolute Gasteiger partial charge is 0.373 e. The molecule has 128 valence electrons. The van der Waals surface area contributed by atoms with Gasteiger partial charge in [-0.2, -0.15) is 5.10 Å². The highest BCUT2D eigenvalue weighted by molar-refractivity contribution is 7.10. The van der Waals surface area contributed by atoms with Gasteiger partial charge >= 0.3 is 0 Å². The average Bonchev–Trinajstić information content (AvgIpc) is 3.24. The molecule has 0 bridgehead atoms.